The number of benzene rings is 1. The van der Waals surface area contributed by atoms with Crippen LogP contribution in [-0.2, 0) is 16.0 Å². The van der Waals surface area contributed by atoms with Crippen LogP contribution in [0.4, 0.5) is 0 Å². The smallest absolute Gasteiger partial charge is 0.302 e. The van der Waals surface area contributed by atoms with Crippen LogP contribution in [0, 0.1) is 6.92 Å². The Morgan fingerprint density at radius 3 is 2.79 bits per heavy atom. The highest BCUT2D eigenvalue weighted by Crippen LogP contribution is 2.18. The molecule has 0 saturated carbocycles. The minimum absolute atomic E-state index is 0.261. The number of aryl methyl sites for hydroxylation is 1. The fourth-order valence-corrected chi connectivity index (χ4v) is 1.19. The lowest BCUT2D eigenvalue weighted by atomic mass is 10.1. The zero-order valence-electron chi connectivity index (χ0n) is 8.41. The second-order valence-electron chi connectivity index (χ2n) is 3.22. The molecule has 14 heavy (non-hydrogen) atoms. The lowest BCUT2D eigenvalue weighted by Crippen LogP contribution is -2.03. The Morgan fingerprint density at radius 2 is 2.21 bits per heavy atom. The number of hydrogen-bond acceptors (Lipinski definition) is 3. The molecule has 0 bridgehead atoms. The van der Waals surface area contributed by atoms with E-state index in [-0.39, 0.29) is 11.7 Å². The van der Waals surface area contributed by atoms with Gasteiger partial charge in [0, 0.05) is 13.3 Å². The third kappa shape index (κ3) is 3.09. The zero-order valence-corrected chi connectivity index (χ0v) is 8.41. The van der Waals surface area contributed by atoms with Crippen LogP contribution in [0.5, 0.6) is 5.75 Å². The van der Waals surface area contributed by atoms with Gasteiger partial charge in [0.2, 0.25) is 0 Å². The number of rotatable bonds is 3. The molecule has 0 atom stereocenters. The number of hydrogen-bond donors (Lipinski definition) is 1. The Bertz CT molecular complexity index is 331. The molecule has 1 rings (SSSR count). The maximum Gasteiger partial charge on any atom is 0.302 e. The van der Waals surface area contributed by atoms with Gasteiger partial charge in [-0.1, -0.05) is 12.1 Å². The third-order valence-corrected chi connectivity index (χ3v) is 1.92. The first-order chi connectivity index (χ1) is 6.59. The van der Waals surface area contributed by atoms with Gasteiger partial charge >= 0.3 is 5.97 Å². The van der Waals surface area contributed by atoms with Crippen molar-refractivity contribution >= 4 is 5.97 Å². The normalized spacial score (nSPS) is 9.86. The monoisotopic (exact) mass is 194 g/mol. The van der Waals surface area contributed by atoms with Gasteiger partial charge in [-0.05, 0) is 24.1 Å². The molecule has 3 nitrogen and oxygen atoms in total. The molecule has 0 radical (unpaired) electrons. The van der Waals surface area contributed by atoms with Gasteiger partial charge in [-0.25, -0.2) is 0 Å². The van der Waals surface area contributed by atoms with Crippen molar-refractivity contribution in [3.63, 3.8) is 0 Å². The SMILES string of the molecule is CC(=O)OCCc1ccc(C)cc1O. The van der Waals surface area contributed by atoms with E-state index in [1.54, 1.807) is 6.07 Å². The summed E-state index contributed by atoms with van der Waals surface area (Å²) in [6, 6.07) is 5.46. The number of esters is 1. The Balaban J connectivity index is 2.55. The highest BCUT2D eigenvalue weighted by atomic mass is 16.5. The maximum absolute atomic E-state index is 10.5. The Morgan fingerprint density at radius 1 is 1.50 bits per heavy atom. The van der Waals surface area contributed by atoms with Crippen molar-refractivity contribution in [1.29, 1.82) is 0 Å². The van der Waals surface area contributed by atoms with E-state index in [2.05, 4.69) is 0 Å². The molecule has 0 aromatic heterocycles. The first kappa shape index (κ1) is 10.6. The van der Waals surface area contributed by atoms with Crippen LogP contribution >= 0.6 is 0 Å². The zero-order chi connectivity index (χ0) is 10.6. The highest BCUT2D eigenvalue weighted by Gasteiger charge is 2.01. The molecule has 0 spiro atoms. The Hall–Kier alpha value is -1.51. The maximum atomic E-state index is 10.5. The summed E-state index contributed by atoms with van der Waals surface area (Å²) < 4.78 is 4.78. The van der Waals surface area contributed by atoms with Gasteiger partial charge in [-0.15, -0.1) is 0 Å². The van der Waals surface area contributed by atoms with Crippen molar-refractivity contribution in [3.8, 4) is 5.75 Å². The molecular formula is C11H14O3. The summed E-state index contributed by atoms with van der Waals surface area (Å²) in [6.45, 7) is 3.59. The van der Waals surface area contributed by atoms with Gasteiger partial charge in [-0.2, -0.15) is 0 Å². The average molecular weight is 194 g/mol. The summed E-state index contributed by atoms with van der Waals surface area (Å²) in [5.41, 5.74) is 1.82. The van der Waals surface area contributed by atoms with Gasteiger partial charge in [0.25, 0.3) is 0 Å². The van der Waals surface area contributed by atoms with Crippen LogP contribution < -0.4 is 0 Å². The summed E-state index contributed by atoms with van der Waals surface area (Å²) in [7, 11) is 0. The van der Waals surface area contributed by atoms with Crippen molar-refractivity contribution in [2.45, 2.75) is 20.3 Å². The number of carbonyl (C=O) groups is 1. The topological polar surface area (TPSA) is 46.5 Å². The Kier molecular flexibility index (Phi) is 3.51. The summed E-state index contributed by atoms with van der Waals surface area (Å²) >= 11 is 0. The van der Waals surface area contributed by atoms with E-state index in [0.29, 0.717) is 13.0 Å². The van der Waals surface area contributed by atoms with E-state index >= 15 is 0 Å². The molecular weight excluding hydrogens is 180 g/mol. The minimum Gasteiger partial charge on any atom is -0.508 e. The lowest BCUT2D eigenvalue weighted by molar-refractivity contribution is -0.140. The van der Waals surface area contributed by atoms with Gasteiger partial charge in [0.1, 0.15) is 5.75 Å². The molecule has 1 aromatic rings. The first-order valence-corrected chi connectivity index (χ1v) is 4.51. The van der Waals surface area contributed by atoms with Gasteiger partial charge in [0.05, 0.1) is 6.61 Å². The van der Waals surface area contributed by atoms with E-state index in [0.717, 1.165) is 11.1 Å². The van der Waals surface area contributed by atoms with Gasteiger partial charge in [0.15, 0.2) is 0 Å². The quantitative estimate of drug-likeness (QED) is 0.746. The summed E-state index contributed by atoms with van der Waals surface area (Å²) in [5.74, 6) is -0.0336. The number of phenolic OH excluding ortho intramolecular Hbond substituents is 1. The Labute approximate surface area is 83.3 Å². The molecule has 0 aliphatic rings. The van der Waals surface area contributed by atoms with Crippen LogP contribution in [0.1, 0.15) is 18.1 Å². The standard InChI is InChI=1S/C11H14O3/c1-8-3-4-10(11(13)7-8)5-6-14-9(2)12/h3-4,7,13H,5-6H2,1-2H3. The molecule has 0 unspecified atom stereocenters. The van der Waals surface area contributed by atoms with Crippen molar-refractivity contribution in [1.82, 2.24) is 0 Å². The second-order valence-corrected chi connectivity index (χ2v) is 3.22. The molecule has 3 heteroatoms. The van der Waals surface area contributed by atoms with Crippen LogP contribution in [0.25, 0.3) is 0 Å². The highest BCUT2D eigenvalue weighted by molar-refractivity contribution is 5.65. The van der Waals surface area contributed by atoms with Crippen molar-refractivity contribution in [2.24, 2.45) is 0 Å². The van der Waals surface area contributed by atoms with Crippen LogP contribution in [0.3, 0.4) is 0 Å². The van der Waals surface area contributed by atoms with Crippen molar-refractivity contribution < 1.29 is 14.6 Å². The first-order valence-electron chi connectivity index (χ1n) is 4.51. The third-order valence-electron chi connectivity index (χ3n) is 1.92. The molecule has 0 fully saturated rings. The molecule has 76 valence electrons. The lowest BCUT2D eigenvalue weighted by Gasteiger charge is -2.05. The van der Waals surface area contributed by atoms with Crippen molar-refractivity contribution in [3.05, 3.63) is 29.3 Å². The minimum atomic E-state index is -0.295. The van der Waals surface area contributed by atoms with Crippen LogP contribution in [-0.4, -0.2) is 17.7 Å². The summed E-state index contributed by atoms with van der Waals surface area (Å²) in [6.07, 6.45) is 0.547. The average Bonchev–Trinajstić information content (AvgIpc) is 2.08. The fraction of sp³-hybridized carbons (Fsp3) is 0.364. The predicted octanol–water partition coefficient (Wildman–Crippen LogP) is 1.81. The molecule has 0 saturated heterocycles. The molecule has 1 N–H and O–H groups in total. The van der Waals surface area contributed by atoms with E-state index in [9.17, 15) is 9.90 Å². The van der Waals surface area contributed by atoms with Crippen LogP contribution in [0.15, 0.2) is 18.2 Å². The number of phenols is 1. The molecule has 0 aliphatic carbocycles. The van der Waals surface area contributed by atoms with Crippen LogP contribution in [0.2, 0.25) is 0 Å². The fourth-order valence-electron chi connectivity index (χ4n) is 1.19. The van der Waals surface area contributed by atoms with E-state index < -0.39 is 0 Å². The predicted molar refractivity (Wildman–Crippen MR) is 53.2 cm³/mol. The number of carbonyl (C=O) groups excluding carboxylic acids is 1. The van der Waals surface area contributed by atoms with Crippen molar-refractivity contribution in [2.75, 3.05) is 6.61 Å². The van der Waals surface area contributed by atoms with Gasteiger partial charge < -0.3 is 9.84 Å². The summed E-state index contributed by atoms with van der Waals surface area (Å²) in [4.78, 5) is 10.5. The van der Waals surface area contributed by atoms with Gasteiger partial charge in [-0.3, -0.25) is 4.79 Å². The summed E-state index contributed by atoms with van der Waals surface area (Å²) in [5, 5.41) is 9.52. The molecule has 0 aliphatic heterocycles. The molecule has 0 heterocycles. The number of aromatic hydroxyl groups is 1. The molecule has 1 aromatic carbocycles. The second kappa shape index (κ2) is 4.65. The van der Waals surface area contributed by atoms with E-state index in [1.165, 1.54) is 6.92 Å². The number of ether oxygens (including phenoxy) is 1. The van der Waals surface area contributed by atoms with E-state index in [4.69, 9.17) is 4.74 Å². The van der Waals surface area contributed by atoms with E-state index in [1.807, 2.05) is 19.1 Å². The molecule has 0 amide bonds. The largest absolute Gasteiger partial charge is 0.508 e.